The molecule has 198 valence electrons. The summed E-state index contributed by atoms with van der Waals surface area (Å²) in [6, 6.07) is 18.0. The van der Waals surface area contributed by atoms with Gasteiger partial charge in [0.2, 0.25) is 5.91 Å². The van der Waals surface area contributed by atoms with Gasteiger partial charge in [0.15, 0.2) is 0 Å². The first-order valence-electron chi connectivity index (χ1n) is 14.9. The van der Waals surface area contributed by atoms with E-state index in [1.165, 1.54) is 48.8 Å². The summed E-state index contributed by atoms with van der Waals surface area (Å²) in [4.78, 5) is 17.1. The molecule has 5 nitrogen and oxygen atoms in total. The summed E-state index contributed by atoms with van der Waals surface area (Å²) in [5.41, 5.74) is 4.05. The molecule has 4 atom stereocenters. The molecule has 0 bridgehead atoms. The molecule has 4 aliphatic rings. The zero-order chi connectivity index (χ0) is 25.2. The van der Waals surface area contributed by atoms with Gasteiger partial charge in [-0.1, -0.05) is 61.7 Å². The van der Waals surface area contributed by atoms with Gasteiger partial charge >= 0.3 is 0 Å². The van der Waals surface area contributed by atoms with Crippen LogP contribution in [0.1, 0.15) is 74.0 Å². The lowest BCUT2D eigenvalue weighted by atomic mass is 9.67. The van der Waals surface area contributed by atoms with Gasteiger partial charge in [-0.15, -0.1) is 0 Å². The smallest absolute Gasteiger partial charge is 0.232 e. The van der Waals surface area contributed by atoms with Crippen molar-refractivity contribution in [1.82, 2.24) is 4.90 Å². The summed E-state index contributed by atoms with van der Waals surface area (Å²) in [5, 5.41) is 4.83. The third-order valence-corrected chi connectivity index (χ3v) is 10.3. The van der Waals surface area contributed by atoms with E-state index in [0.29, 0.717) is 23.8 Å². The Labute approximate surface area is 222 Å². The van der Waals surface area contributed by atoms with Crippen molar-refractivity contribution in [3.8, 4) is 5.75 Å². The maximum Gasteiger partial charge on any atom is 0.232 e. The molecule has 3 heterocycles. The van der Waals surface area contributed by atoms with Gasteiger partial charge in [0.25, 0.3) is 0 Å². The van der Waals surface area contributed by atoms with Crippen molar-refractivity contribution in [2.24, 2.45) is 11.8 Å². The number of ether oxygens (including phenoxy) is 1. The summed E-state index contributed by atoms with van der Waals surface area (Å²) in [5.74, 6) is 2.69. The Kier molecular flexibility index (Phi) is 7.27. The minimum atomic E-state index is -0.0959. The fourth-order valence-corrected chi connectivity index (χ4v) is 8.43. The van der Waals surface area contributed by atoms with Crippen LogP contribution in [-0.4, -0.2) is 50.1 Å². The first kappa shape index (κ1) is 24.9. The van der Waals surface area contributed by atoms with E-state index in [-0.39, 0.29) is 11.3 Å². The van der Waals surface area contributed by atoms with E-state index in [1.54, 1.807) is 7.11 Å². The molecule has 1 saturated carbocycles. The average molecular weight is 504 g/mol. The number of methoxy groups -OCH3 is 1. The highest BCUT2D eigenvalue weighted by atomic mass is 16.5. The molecular formula is C32H45N3O2+2. The minimum Gasteiger partial charge on any atom is -0.496 e. The monoisotopic (exact) mass is 503 g/mol. The Hall–Kier alpha value is -2.37. The number of carbonyl (C=O) groups excluding carboxylic acids is 1. The highest BCUT2D eigenvalue weighted by Crippen LogP contribution is 2.45. The van der Waals surface area contributed by atoms with Gasteiger partial charge < -0.3 is 20.3 Å². The van der Waals surface area contributed by atoms with Crippen LogP contribution in [0, 0.1) is 11.8 Å². The lowest BCUT2D eigenvalue weighted by Crippen LogP contribution is -2.83. The summed E-state index contributed by atoms with van der Waals surface area (Å²) in [6.07, 6.45) is 9.85. The molecule has 37 heavy (non-hydrogen) atoms. The fraction of sp³-hybridized carbons (Fsp3) is 0.594. The molecule has 0 aromatic heterocycles. The lowest BCUT2D eigenvalue weighted by Gasteiger charge is -2.46. The Balaban J connectivity index is 1.32. The van der Waals surface area contributed by atoms with Crippen LogP contribution < -0.4 is 15.4 Å². The number of nitrogens with two attached hydrogens (primary N) is 2. The fourth-order valence-electron chi connectivity index (χ4n) is 8.43. The normalized spacial score (nSPS) is 30.6. The second kappa shape index (κ2) is 10.8. The van der Waals surface area contributed by atoms with Gasteiger partial charge in [-0.05, 0) is 54.7 Å². The first-order chi connectivity index (χ1) is 18.2. The van der Waals surface area contributed by atoms with E-state index in [9.17, 15) is 4.79 Å². The number of quaternary nitrogens is 2. The maximum absolute atomic E-state index is 14.7. The summed E-state index contributed by atoms with van der Waals surface area (Å²) in [6.45, 7) is 4.83. The Morgan fingerprint density at radius 1 is 1.00 bits per heavy atom. The van der Waals surface area contributed by atoms with Gasteiger partial charge in [0.1, 0.15) is 18.2 Å². The van der Waals surface area contributed by atoms with Gasteiger partial charge in [0, 0.05) is 19.0 Å². The van der Waals surface area contributed by atoms with Crippen LogP contribution in [-0.2, 0) is 16.8 Å². The molecule has 3 fully saturated rings. The van der Waals surface area contributed by atoms with Crippen LogP contribution in [0.4, 0.5) is 0 Å². The molecule has 4 N–H and O–H groups in total. The third kappa shape index (κ3) is 4.59. The van der Waals surface area contributed by atoms with Crippen LogP contribution in [0.25, 0.3) is 0 Å². The second-order valence-electron chi connectivity index (χ2n) is 12.1. The summed E-state index contributed by atoms with van der Waals surface area (Å²) in [7, 11) is 1.78. The number of benzene rings is 2. The number of amides is 1. The average Bonchev–Trinajstić information content (AvgIpc) is 3.30. The van der Waals surface area contributed by atoms with Crippen LogP contribution in [0.5, 0.6) is 5.75 Å². The molecular weight excluding hydrogens is 458 g/mol. The van der Waals surface area contributed by atoms with Crippen LogP contribution >= 0.6 is 0 Å². The Morgan fingerprint density at radius 2 is 1.84 bits per heavy atom. The van der Waals surface area contributed by atoms with E-state index in [4.69, 9.17) is 4.74 Å². The second-order valence-corrected chi connectivity index (χ2v) is 12.1. The number of rotatable bonds is 4. The number of fused-ring (bicyclic) bond motifs is 2. The lowest BCUT2D eigenvalue weighted by molar-refractivity contribution is -0.671. The number of likely N-dealkylation sites (tertiary alicyclic amines) is 1. The number of nitrogens with zero attached hydrogens (tertiary/aromatic N) is 1. The van der Waals surface area contributed by atoms with Gasteiger partial charge in [-0.3, -0.25) is 4.79 Å². The van der Waals surface area contributed by atoms with Crippen molar-refractivity contribution in [2.75, 3.05) is 33.3 Å². The number of piperidine rings is 1. The van der Waals surface area contributed by atoms with Crippen LogP contribution in [0.2, 0.25) is 0 Å². The number of hydrogen-bond donors (Lipinski definition) is 2. The van der Waals surface area contributed by atoms with E-state index < -0.39 is 0 Å². The topological polar surface area (TPSA) is 62.8 Å². The van der Waals surface area contributed by atoms with Crippen molar-refractivity contribution < 1.29 is 20.2 Å². The summed E-state index contributed by atoms with van der Waals surface area (Å²) >= 11 is 0. The van der Waals surface area contributed by atoms with Gasteiger partial charge in [0.05, 0.1) is 37.7 Å². The highest BCUT2D eigenvalue weighted by Gasteiger charge is 2.55. The molecule has 1 aliphatic carbocycles. The van der Waals surface area contributed by atoms with E-state index in [1.807, 2.05) is 0 Å². The third-order valence-electron chi connectivity index (χ3n) is 10.3. The van der Waals surface area contributed by atoms with Gasteiger partial charge in [-0.25, -0.2) is 0 Å². The predicted molar refractivity (Wildman–Crippen MR) is 145 cm³/mol. The van der Waals surface area contributed by atoms with Crippen molar-refractivity contribution in [3.05, 3.63) is 65.2 Å². The molecule has 6 rings (SSSR count). The molecule has 3 aliphatic heterocycles. The SMILES string of the molecule is COc1cccc2c1C[NH2+]CC[C@]21C[NH2+]C[C@H]1C(=O)N1CC[C@@H](c2ccccc2)C[C@H]1C1CCCCC1. The Morgan fingerprint density at radius 3 is 2.65 bits per heavy atom. The van der Waals surface area contributed by atoms with Crippen LogP contribution in [0.3, 0.4) is 0 Å². The molecule has 2 aromatic carbocycles. The molecule has 2 aromatic rings. The van der Waals surface area contributed by atoms with Crippen molar-refractivity contribution in [3.63, 3.8) is 0 Å². The predicted octanol–water partition coefficient (Wildman–Crippen LogP) is 2.95. The quantitative estimate of drug-likeness (QED) is 0.674. The standard InChI is InChI=1S/C32H43N3O2/c1-37-30-14-8-13-27-26(30)20-33-17-16-32(27)22-34-21-28(32)31(36)35-18-15-25(23-9-4-2-5-10-23)19-29(35)24-11-6-3-7-12-24/h2,4-5,8-10,13-14,24-25,28-29,33-34H,3,6-7,11-12,15-22H2,1H3/p+2/t25-,28+,29+,32+/m1/s1. The molecule has 0 unspecified atom stereocenters. The number of hydrogen-bond acceptors (Lipinski definition) is 2. The van der Waals surface area contributed by atoms with E-state index in [2.05, 4.69) is 64.1 Å². The van der Waals surface area contributed by atoms with Crippen molar-refractivity contribution >= 4 is 5.91 Å². The molecule has 2 saturated heterocycles. The maximum atomic E-state index is 14.7. The largest absolute Gasteiger partial charge is 0.496 e. The van der Waals surface area contributed by atoms with E-state index >= 15 is 0 Å². The zero-order valence-corrected chi connectivity index (χ0v) is 22.5. The molecule has 5 heteroatoms. The number of carbonyl (C=O) groups is 1. The summed E-state index contributed by atoms with van der Waals surface area (Å²) < 4.78 is 5.81. The van der Waals surface area contributed by atoms with Gasteiger partial charge in [-0.2, -0.15) is 0 Å². The zero-order valence-electron chi connectivity index (χ0n) is 22.5. The first-order valence-corrected chi connectivity index (χ1v) is 14.9. The molecule has 0 radical (unpaired) electrons. The van der Waals surface area contributed by atoms with Crippen molar-refractivity contribution in [1.29, 1.82) is 0 Å². The molecule has 1 amide bonds. The minimum absolute atomic E-state index is 0.0456. The Bertz CT molecular complexity index is 1080. The highest BCUT2D eigenvalue weighted by molar-refractivity contribution is 5.82. The van der Waals surface area contributed by atoms with Crippen molar-refractivity contribution in [2.45, 2.75) is 75.3 Å². The van der Waals surface area contributed by atoms with Crippen LogP contribution in [0.15, 0.2) is 48.5 Å². The molecule has 1 spiro atoms. The van der Waals surface area contributed by atoms with E-state index in [0.717, 1.165) is 57.7 Å².